The Morgan fingerprint density at radius 3 is 1.69 bits per heavy atom. The van der Waals surface area contributed by atoms with Crippen LogP contribution >= 0.6 is 0 Å². The van der Waals surface area contributed by atoms with Crippen LogP contribution in [0.2, 0.25) is 0 Å². The number of hydrogen-bond donors (Lipinski definition) is 2. The molecule has 0 rings (SSSR count). The molecule has 0 saturated heterocycles. The predicted octanol–water partition coefficient (Wildman–Crippen LogP) is 0.451. The fourth-order valence-corrected chi connectivity index (χ4v) is 0.747. The number of carbonyl (C=O) groups excluding carboxylic acids is 1. The maximum absolute atomic E-state index is 10.6. The van der Waals surface area contributed by atoms with Crippen LogP contribution in [0.3, 0.4) is 0 Å². The van der Waals surface area contributed by atoms with Gasteiger partial charge in [0.2, 0.25) is 0 Å². The van der Waals surface area contributed by atoms with Gasteiger partial charge in [-0.05, 0) is 13.8 Å². The van der Waals surface area contributed by atoms with Gasteiger partial charge < -0.3 is 10.2 Å². The summed E-state index contributed by atoms with van der Waals surface area (Å²) in [4.78, 5) is 31.5. The Morgan fingerprint density at radius 2 is 1.46 bits per heavy atom. The Hall–Kier alpha value is -1.65. The Labute approximate surface area is 74.7 Å². The van der Waals surface area contributed by atoms with E-state index < -0.39 is 11.9 Å². The minimum absolute atomic E-state index is 0.303. The molecule has 0 atom stereocenters. The van der Waals surface area contributed by atoms with E-state index in [1.165, 1.54) is 6.92 Å². The maximum Gasteiger partial charge on any atom is 0.332 e. The summed E-state index contributed by atoms with van der Waals surface area (Å²) in [6.07, 6.45) is -0.354. The monoisotopic (exact) mass is 186 g/mol. The Balaban J connectivity index is 5.00. The van der Waals surface area contributed by atoms with Crippen LogP contribution in [0.25, 0.3) is 0 Å². The van der Waals surface area contributed by atoms with Crippen LogP contribution in [-0.4, -0.2) is 27.9 Å². The number of carbonyl (C=O) groups is 3. The van der Waals surface area contributed by atoms with Crippen molar-refractivity contribution in [2.75, 3.05) is 0 Å². The molecule has 0 spiro atoms. The molecule has 2 N–H and O–H groups in total. The standard InChI is InChI=1S/C8H10O5/c1-4(9)3-6(8(12)13)5(2)7(10)11/h3H2,1-2H3,(H,10,11)(H,12,13)/b6-5+. The molecule has 0 fully saturated rings. The zero-order valence-corrected chi connectivity index (χ0v) is 7.33. The lowest BCUT2D eigenvalue weighted by molar-refractivity contribution is -0.136. The summed E-state index contributed by atoms with van der Waals surface area (Å²) < 4.78 is 0. The first-order chi connectivity index (χ1) is 5.86. The number of Topliss-reactive ketones (excluding diaryl/α,β-unsaturated/α-hetero) is 1. The third-order valence-electron chi connectivity index (χ3n) is 1.46. The van der Waals surface area contributed by atoms with E-state index in [-0.39, 0.29) is 23.4 Å². The van der Waals surface area contributed by atoms with Gasteiger partial charge >= 0.3 is 11.9 Å². The number of rotatable bonds is 4. The minimum Gasteiger partial charge on any atom is -0.478 e. The average Bonchev–Trinajstić information content (AvgIpc) is 1.97. The first-order valence-electron chi connectivity index (χ1n) is 3.52. The molecule has 5 nitrogen and oxygen atoms in total. The summed E-state index contributed by atoms with van der Waals surface area (Å²) in [6, 6.07) is 0. The van der Waals surface area contributed by atoms with Gasteiger partial charge in [0.15, 0.2) is 0 Å². The van der Waals surface area contributed by atoms with Crippen LogP contribution in [0.15, 0.2) is 11.1 Å². The number of hydrogen-bond acceptors (Lipinski definition) is 3. The molecule has 0 heterocycles. The third kappa shape index (κ3) is 3.50. The number of ketones is 1. The molecule has 0 unspecified atom stereocenters. The maximum atomic E-state index is 10.6. The Kier molecular flexibility index (Phi) is 3.84. The van der Waals surface area contributed by atoms with Crippen LogP contribution in [-0.2, 0) is 14.4 Å². The molecule has 0 aromatic heterocycles. The highest BCUT2D eigenvalue weighted by Gasteiger charge is 2.17. The van der Waals surface area contributed by atoms with Gasteiger partial charge in [-0.2, -0.15) is 0 Å². The smallest absolute Gasteiger partial charge is 0.332 e. The van der Waals surface area contributed by atoms with Gasteiger partial charge in [0, 0.05) is 12.0 Å². The van der Waals surface area contributed by atoms with Crippen molar-refractivity contribution >= 4 is 17.7 Å². The zero-order valence-electron chi connectivity index (χ0n) is 7.33. The lowest BCUT2D eigenvalue weighted by Crippen LogP contribution is -2.11. The highest BCUT2D eigenvalue weighted by molar-refractivity contribution is 6.01. The van der Waals surface area contributed by atoms with Crippen LogP contribution in [0.4, 0.5) is 0 Å². The molecule has 72 valence electrons. The van der Waals surface area contributed by atoms with Gasteiger partial charge in [-0.3, -0.25) is 4.79 Å². The first kappa shape index (κ1) is 11.4. The first-order valence-corrected chi connectivity index (χ1v) is 3.52. The van der Waals surface area contributed by atoms with Gasteiger partial charge in [-0.15, -0.1) is 0 Å². The lowest BCUT2D eigenvalue weighted by Gasteiger charge is -2.01. The average molecular weight is 186 g/mol. The molecule has 0 aliphatic carbocycles. The van der Waals surface area contributed by atoms with Crippen molar-refractivity contribution in [1.82, 2.24) is 0 Å². The van der Waals surface area contributed by atoms with Gasteiger partial charge in [0.1, 0.15) is 5.78 Å². The van der Waals surface area contributed by atoms with Crippen molar-refractivity contribution < 1.29 is 24.6 Å². The molecule has 0 aromatic carbocycles. The molecule has 0 saturated carbocycles. The van der Waals surface area contributed by atoms with E-state index in [0.29, 0.717) is 0 Å². The fourth-order valence-electron chi connectivity index (χ4n) is 0.747. The van der Waals surface area contributed by atoms with Crippen molar-refractivity contribution in [3.05, 3.63) is 11.1 Å². The van der Waals surface area contributed by atoms with Gasteiger partial charge in [0.05, 0.1) is 5.57 Å². The molecule has 0 radical (unpaired) electrons. The molecule has 0 amide bonds. The molecule has 0 aromatic rings. The quantitative estimate of drug-likeness (QED) is 0.622. The zero-order chi connectivity index (χ0) is 10.6. The highest BCUT2D eigenvalue weighted by atomic mass is 16.4. The second-order valence-corrected chi connectivity index (χ2v) is 2.59. The van der Waals surface area contributed by atoms with Crippen LogP contribution in [0.5, 0.6) is 0 Å². The third-order valence-corrected chi connectivity index (χ3v) is 1.46. The second-order valence-electron chi connectivity index (χ2n) is 2.59. The van der Waals surface area contributed by atoms with E-state index in [1.807, 2.05) is 0 Å². The largest absolute Gasteiger partial charge is 0.478 e. The number of carboxylic acids is 2. The molecule has 13 heavy (non-hydrogen) atoms. The predicted molar refractivity (Wildman–Crippen MR) is 43.3 cm³/mol. The summed E-state index contributed by atoms with van der Waals surface area (Å²) in [6.45, 7) is 2.37. The highest BCUT2D eigenvalue weighted by Crippen LogP contribution is 2.09. The van der Waals surface area contributed by atoms with Crippen molar-refractivity contribution in [2.24, 2.45) is 0 Å². The van der Waals surface area contributed by atoms with Crippen molar-refractivity contribution in [3.63, 3.8) is 0 Å². The van der Waals surface area contributed by atoms with E-state index in [1.54, 1.807) is 0 Å². The van der Waals surface area contributed by atoms with Gasteiger partial charge in [0.25, 0.3) is 0 Å². The van der Waals surface area contributed by atoms with Gasteiger partial charge in [-0.25, -0.2) is 9.59 Å². The normalized spacial score (nSPS) is 11.8. The topological polar surface area (TPSA) is 91.7 Å². The Morgan fingerprint density at radius 1 is 1.00 bits per heavy atom. The Bertz CT molecular complexity index is 287. The number of carboxylic acid groups (broad SMARTS) is 2. The molecule has 0 aliphatic heterocycles. The molecule has 0 aliphatic rings. The lowest BCUT2D eigenvalue weighted by atomic mass is 10.0. The molecular weight excluding hydrogens is 176 g/mol. The van der Waals surface area contributed by atoms with Crippen LogP contribution in [0.1, 0.15) is 20.3 Å². The van der Waals surface area contributed by atoms with E-state index in [0.717, 1.165) is 6.92 Å². The van der Waals surface area contributed by atoms with Crippen molar-refractivity contribution in [1.29, 1.82) is 0 Å². The van der Waals surface area contributed by atoms with Crippen LogP contribution in [0, 0.1) is 0 Å². The van der Waals surface area contributed by atoms with E-state index in [4.69, 9.17) is 10.2 Å². The SMILES string of the molecule is CC(=O)C/C(C(=O)O)=C(/C)C(=O)O. The minimum atomic E-state index is -1.37. The van der Waals surface area contributed by atoms with Crippen LogP contribution < -0.4 is 0 Å². The molecule has 5 heteroatoms. The fraction of sp³-hybridized carbons (Fsp3) is 0.375. The van der Waals surface area contributed by atoms with E-state index in [9.17, 15) is 14.4 Å². The summed E-state index contributed by atoms with van der Waals surface area (Å²) in [5.41, 5.74) is -0.664. The van der Waals surface area contributed by atoms with Crippen molar-refractivity contribution in [2.45, 2.75) is 20.3 Å². The summed E-state index contributed by atoms with van der Waals surface area (Å²) in [7, 11) is 0. The molecular formula is C8H10O5. The van der Waals surface area contributed by atoms with E-state index >= 15 is 0 Å². The van der Waals surface area contributed by atoms with Crippen molar-refractivity contribution in [3.8, 4) is 0 Å². The summed E-state index contributed by atoms with van der Waals surface area (Å²) in [5, 5.41) is 17.0. The number of aliphatic carboxylic acids is 2. The van der Waals surface area contributed by atoms with Gasteiger partial charge in [-0.1, -0.05) is 0 Å². The van der Waals surface area contributed by atoms with E-state index in [2.05, 4.69) is 0 Å². The summed E-state index contributed by atoms with van der Waals surface area (Å²) in [5.74, 6) is -3.06. The summed E-state index contributed by atoms with van der Waals surface area (Å²) >= 11 is 0. The second kappa shape index (κ2) is 4.39. The molecule has 0 bridgehead atoms.